The largest absolute Gasteiger partial charge is 0.374 e. The predicted molar refractivity (Wildman–Crippen MR) is 89.9 cm³/mol. The van der Waals surface area contributed by atoms with E-state index < -0.39 is 0 Å². The van der Waals surface area contributed by atoms with Gasteiger partial charge in [0.15, 0.2) is 0 Å². The van der Waals surface area contributed by atoms with E-state index in [2.05, 4.69) is 28.1 Å². The highest BCUT2D eigenvalue weighted by atomic mass is 79.9. The average Bonchev–Trinajstić information content (AvgIpc) is 2.55. The minimum Gasteiger partial charge on any atom is -0.374 e. The standard InChI is InChI=1S/C18H18BrNO2/c19-16-8-4-7-15(12-16)18(21)20-9-10-22-17(13-20)11-14-5-2-1-3-6-14/h1-8,12,17H,9-11,13H2. The van der Waals surface area contributed by atoms with E-state index in [0.29, 0.717) is 19.7 Å². The summed E-state index contributed by atoms with van der Waals surface area (Å²) in [4.78, 5) is 14.5. The van der Waals surface area contributed by atoms with Crippen molar-refractivity contribution in [3.63, 3.8) is 0 Å². The van der Waals surface area contributed by atoms with Crippen LogP contribution in [0.4, 0.5) is 0 Å². The Morgan fingerprint density at radius 1 is 1.18 bits per heavy atom. The molecule has 2 aromatic rings. The van der Waals surface area contributed by atoms with Crippen LogP contribution in [0.5, 0.6) is 0 Å². The minimum absolute atomic E-state index is 0.0623. The van der Waals surface area contributed by atoms with Gasteiger partial charge < -0.3 is 9.64 Å². The van der Waals surface area contributed by atoms with E-state index in [1.165, 1.54) is 5.56 Å². The second-order valence-electron chi connectivity index (χ2n) is 5.44. The van der Waals surface area contributed by atoms with Crippen molar-refractivity contribution in [1.82, 2.24) is 4.90 Å². The van der Waals surface area contributed by atoms with Crippen molar-refractivity contribution < 1.29 is 9.53 Å². The van der Waals surface area contributed by atoms with Crippen LogP contribution >= 0.6 is 15.9 Å². The summed E-state index contributed by atoms with van der Waals surface area (Å²) in [5.74, 6) is 0.0719. The zero-order chi connectivity index (χ0) is 15.4. The Labute approximate surface area is 139 Å². The molecule has 1 fully saturated rings. The molecule has 0 radical (unpaired) electrons. The number of carbonyl (C=O) groups is 1. The number of carbonyl (C=O) groups excluding carboxylic acids is 1. The summed E-state index contributed by atoms with van der Waals surface area (Å²) in [6.07, 6.45) is 0.899. The fourth-order valence-electron chi connectivity index (χ4n) is 2.71. The Morgan fingerprint density at radius 3 is 2.77 bits per heavy atom. The Morgan fingerprint density at radius 2 is 2.00 bits per heavy atom. The molecule has 22 heavy (non-hydrogen) atoms. The molecule has 0 spiro atoms. The first-order valence-corrected chi connectivity index (χ1v) is 8.22. The number of hydrogen-bond donors (Lipinski definition) is 0. The maximum atomic E-state index is 12.6. The molecule has 1 aliphatic rings. The van der Waals surface area contributed by atoms with Gasteiger partial charge in [0.25, 0.3) is 5.91 Å². The van der Waals surface area contributed by atoms with Crippen LogP contribution in [0.1, 0.15) is 15.9 Å². The molecular formula is C18H18BrNO2. The van der Waals surface area contributed by atoms with E-state index >= 15 is 0 Å². The van der Waals surface area contributed by atoms with E-state index in [1.54, 1.807) is 0 Å². The van der Waals surface area contributed by atoms with Crippen molar-refractivity contribution >= 4 is 21.8 Å². The third kappa shape index (κ3) is 3.76. The first-order chi connectivity index (χ1) is 10.7. The fourth-order valence-corrected chi connectivity index (χ4v) is 3.11. The maximum Gasteiger partial charge on any atom is 0.254 e. The van der Waals surface area contributed by atoms with Gasteiger partial charge in [-0.1, -0.05) is 52.3 Å². The average molecular weight is 360 g/mol. The maximum absolute atomic E-state index is 12.6. The molecule has 1 atom stereocenters. The van der Waals surface area contributed by atoms with Crippen LogP contribution in [-0.2, 0) is 11.2 Å². The lowest BCUT2D eigenvalue weighted by atomic mass is 10.1. The Bertz CT molecular complexity index is 645. The molecule has 0 N–H and O–H groups in total. The molecule has 1 aliphatic heterocycles. The van der Waals surface area contributed by atoms with Crippen LogP contribution in [0, 0.1) is 0 Å². The van der Waals surface area contributed by atoms with Crippen LogP contribution in [0.25, 0.3) is 0 Å². The monoisotopic (exact) mass is 359 g/mol. The first kappa shape index (κ1) is 15.3. The molecule has 3 rings (SSSR count). The number of hydrogen-bond acceptors (Lipinski definition) is 2. The first-order valence-electron chi connectivity index (χ1n) is 7.43. The Kier molecular flexibility index (Phi) is 4.90. The number of benzene rings is 2. The molecule has 3 nitrogen and oxygen atoms in total. The fraction of sp³-hybridized carbons (Fsp3) is 0.278. The molecule has 4 heteroatoms. The molecule has 114 valence electrons. The normalized spacial score (nSPS) is 18.2. The topological polar surface area (TPSA) is 29.5 Å². The molecule has 0 saturated carbocycles. The highest BCUT2D eigenvalue weighted by Gasteiger charge is 2.25. The number of halogens is 1. The Balaban J connectivity index is 1.66. The van der Waals surface area contributed by atoms with Gasteiger partial charge in [-0.25, -0.2) is 0 Å². The SMILES string of the molecule is O=C(c1cccc(Br)c1)N1CCOC(Cc2ccccc2)C1. The van der Waals surface area contributed by atoms with Crippen molar-refractivity contribution in [2.75, 3.05) is 19.7 Å². The van der Waals surface area contributed by atoms with Gasteiger partial charge in [-0.2, -0.15) is 0 Å². The quantitative estimate of drug-likeness (QED) is 0.838. The van der Waals surface area contributed by atoms with Crippen LogP contribution in [0.2, 0.25) is 0 Å². The summed E-state index contributed by atoms with van der Waals surface area (Å²) in [7, 11) is 0. The molecule has 1 heterocycles. The predicted octanol–water partition coefficient (Wildman–Crippen LogP) is 3.53. The molecule has 1 amide bonds. The van der Waals surface area contributed by atoms with Crippen molar-refractivity contribution in [3.8, 4) is 0 Å². The van der Waals surface area contributed by atoms with Gasteiger partial charge in [0.1, 0.15) is 0 Å². The third-order valence-corrected chi connectivity index (χ3v) is 4.30. The van der Waals surface area contributed by atoms with Crippen molar-refractivity contribution in [3.05, 3.63) is 70.2 Å². The lowest BCUT2D eigenvalue weighted by molar-refractivity contribution is -0.0208. The molecule has 1 unspecified atom stereocenters. The highest BCUT2D eigenvalue weighted by molar-refractivity contribution is 9.10. The summed E-state index contributed by atoms with van der Waals surface area (Å²) in [6, 6.07) is 17.8. The summed E-state index contributed by atoms with van der Waals surface area (Å²) < 4.78 is 6.74. The zero-order valence-corrected chi connectivity index (χ0v) is 13.8. The number of ether oxygens (including phenoxy) is 1. The van der Waals surface area contributed by atoms with Crippen molar-refractivity contribution in [2.24, 2.45) is 0 Å². The van der Waals surface area contributed by atoms with Crippen molar-refractivity contribution in [1.29, 1.82) is 0 Å². The second-order valence-corrected chi connectivity index (χ2v) is 6.36. The van der Waals surface area contributed by atoms with E-state index in [0.717, 1.165) is 16.5 Å². The van der Waals surface area contributed by atoms with Gasteiger partial charge in [0.2, 0.25) is 0 Å². The summed E-state index contributed by atoms with van der Waals surface area (Å²) in [6.45, 7) is 1.88. The molecule has 2 aromatic carbocycles. The number of amides is 1. The second kappa shape index (κ2) is 7.07. The van der Waals surface area contributed by atoms with E-state index in [9.17, 15) is 4.79 Å². The van der Waals surface area contributed by atoms with E-state index in [4.69, 9.17) is 4.74 Å². The van der Waals surface area contributed by atoms with Crippen LogP contribution in [0.3, 0.4) is 0 Å². The summed E-state index contributed by atoms with van der Waals surface area (Å²) in [5, 5.41) is 0. The molecule has 0 aromatic heterocycles. The smallest absolute Gasteiger partial charge is 0.254 e. The number of rotatable bonds is 3. The minimum atomic E-state index is 0.0623. The highest BCUT2D eigenvalue weighted by Crippen LogP contribution is 2.17. The van der Waals surface area contributed by atoms with E-state index in [1.807, 2.05) is 47.4 Å². The van der Waals surface area contributed by atoms with Crippen LogP contribution in [0.15, 0.2) is 59.1 Å². The third-order valence-electron chi connectivity index (χ3n) is 3.80. The number of nitrogens with zero attached hydrogens (tertiary/aromatic N) is 1. The van der Waals surface area contributed by atoms with Gasteiger partial charge in [-0.3, -0.25) is 4.79 Å². The molecule has 1 saturated heterocycles. The van der Waals surface area contributed by atoms with Crippen molar-refractivity contribution in [2.45, 2.75) is 12.5 Å². The zero-order valence-electron chi connectivity index (χ0n) is 12.2. The van der Waals surface area contributed by atoms with E-state index in [-0.39, 0.29) is 12.0 Å². The lowest BCUT2D eigenvalue weighted by Crippen LogP contribution is -2.46. The van der Waals surface area contributed by atoms with Gasteiger partial charge >= 0.3 is 0 Å². The molecular weight excluding hydrogens is 342 g/mol. The molecule has 0 bridgehead atoms. The van der Waals surface area contributed by atoms with Gasteiger partial charge in [-0.15, -0.1) is 0 Å². The summed E-state index contributed by atoms with van der Waals surface area (Å²) >= 11 is 3.42. The van der Waals surface area contributed by atoms with Gasteiger partial charge in [0, 0.05) is 29.5 Å². The molecule has 0 aliphatic carbocycles. The lowest BCUT2D eigenvalue weighted by Gasteiger charge is -2.33. The van der Waals surface area contributed by atoms with Gasteiger partial charge in [-0.05, 0) is 23.8 Å². The van der Waals surface area contributed by atoms with Crippen LogP contribution < -0.4 is 0 Å². The summed E-state index contributed by atoms with van der Waals surface area (Å²) in [5.41, 5.74) is 1.96. The number of morpholine rings is 1. The van der Waals surface area contributed by atoms with Gasteiger partial charge in [0.05, 0.1) is 12.7 Å². The van der Waals surface area contributed by atoms with Crippen LogP contribution in [-0.4, -0.2) is 36.6 Å². The Hall–Kier alpha value is -1.65.